The topological polar surface area (TPSA) is 35.5 Å². The van der Waals surface area contributed by atoms with Gasteiger partial charge in [0.15, 0.2) is 0 Å². The molecular formula is C9H18N2O. The molecule has 0 radical (unpaired) electrons. The zero-order valence-corrected chi connectivity index (χ0v) is 7.50. The van der Waals surface area contributed by atoms with E-state index in [1.54, 1.807) is 0 Å². The summed E-state index contributed by atoms with van der Waals surface area (Å²) in [7, 11) is 0. The molecule has 12 heavy (non-hydrogen) atoms. The molecule has 3 heteroatoms. The minimum absolute atomic E-state index is 0.0874. The highest BCUT2D eigenvalue weighted by molar-refractivity contribution is 4.84. The Morgan fingerprint density at radius 1 is 1.17 bits per heavy atom. The molecule has 2 rings (SSSR count). The molecule has 2 N–H and O–H groups in total. The summed E-state index contributed by atoms with van der Waals surface area (Å²) in [5.41, 5.74) is 3.36. The molecular weight excluding hydrogens is 152 g/mol. The Labute approximate surface area is 73.7 Å². The molecule has 1 heterocycles. The Bertz CT molecular complexity index is 145. The van der Waals surface area contributed by atoms with E-state index in [2.05, 4.69) is 10.4 Å². The van der Waals surface area contributed by atoms with Gasteiger partial charge in [-0.2, -0.15) is 0 Å². The first-order chi connectivity index (χ1) is 5.88. The molecule has 3 nitrogen and oxygen atoms in total. The summed E-state index contributed by atoms with van der Waals surface area (Å²) in [5, 5.41) is 11.9. The van der Waals surface area contributed by atoms with Crippen molar-refractivity contribution in [2.45, 2.75) is 44.2 Å². The first kappa shape index (κ1) is 8.48. The predicted octanol–water partition coefficient (Wildman–Crippen LogP) is 0.500. The molecule has 1 saturated carbocycles. The van der Waals surface area contributed by atoms with Crippen LogP contribution in [0.5, 0.6) is 0 Å². The van der Waals surface area contributed by atoms with E-state index >= 15 is 0 Å². The molecule has 70 valence electrons. The maximum atomic E-state index is 9.66. The van der Waals surface area contributed by atoms with Crippen molar-refractivity contribution in [3.8, 4) is 0 Å². The van der Waals surface area contributed by atoms with Crippen molar-refractivity contribution in [2.24, 2.45) is 0 Å². The van der Waals surface area contributed by atoms with Gasteiger partial charge < -0.3 is 5.11 Å². The van der Waals surface area contributed by atoms with Gasteiger partial charge in [-0.25, -0.2) is 5.01 Å². The minimum Gasteiger partial charge on any atom is -0.391 e. The average Bonchev–Trinajstić information content (AvgIpc) is 2.53. The van der Waals surface area contributed by atoms with Crippen LogP contribution in [0.15, 0.2) is 0 Å². The van der Waals surface area contributed by atoms with E-state index in [4.69, 9.17) is 0 Å². The normalized spacial score (nSPS) is 38.8. The largest absolute Gasteiger partial charge is 0.391 e. The Morgan fingerprint density at radius 2 is 2.08 bits per heavy atom. The van der Waals surface area contributed by atoms with Gasteiger partial charge in [-0.05, 0) is 32.1 Å². The second kappa shape index (κ2) is 3.73. The number of nitrogens with one attached hydrogen (secondary N) is 1. The van der Waals surface area contributed by atoms with Crippen molar-refractivity contribution in [3.05, 3.63) is 0 Å². The van der Waals surface area contributed by atoms with Crippen LogP contribution in [0.25, 0.3) is 0 Å². The lowest BCUT2D eigenvalue weighted by atomic mass is 10.1. The van der Waals surface area contributed by atoms with Crippen LogP contribution in [0.1, 0.15) is 32.1 Å². The van der Waals surface area contributed by atoms with E-state index in [0.717, 1.165) is 25.9 Å². The van der Waals surface area contributed by atoms with Crippen LogP contribution < -0.4 is 5.43 Å². The van der Waals surface area contributed by atoms with E-state index in [1.807, 2.05) is 0 Å². The molecule has 2 unspecified atom stereocenters. The summed E-state index contributed by atoms with van der Waals surface area (Å²) < 4.78 is 0. The molecule has 2 fully saturated rings. The number of nitrogens with zero attached hydrogens (tertiary/aromatic N) is 1. The fourth-order valence-corrected chi connectivity index (χ4v) is 2.28. The van der Waals surface area contributed by atoms with Crippen LogP contribution in [0.3, 0.4) is 0 Å². The second-order valence-corrected chi connectivity index (χ2v) is 3.87. The van der Waals surface area contributed by atoms with E-state index in [9.17, 15) is 5.11 Å². The molecule has 0 bridgehead atoms. The van der Waals surface area contributed by atoms with E-state index < -0.39 is 0 Å². The molecule has 2 aliphatic rings. The second-order valence-electron chi connectivity index (χ2n) is 3.87. The molecule has 0 aromatic rings. The number of aliphatic hydroxyl groups excluding tert-OH is 1. The molecule has 0 spiro atoms. The highest BCUT2D eigenvalue weighted by Gasteiger charge is 2.31. The zero-order chi connectivity index (χ0) is 8.39. The maximum absolute atomic E-state index is 9.66. The fourth-order valence-electron chi connectivity index (χ4n) is 2.28. The first-order valence-corrected chi connectivity index (χ1v) is 5.06. The Hall–Kier alpha value is -0.120. The maximum Gasteiger partial charge on any atom is 0.0709 e. The highest BCUT2D eigenvalue weighted by Crippen LogP contribution is 2.24. The molecule has 0 aromatic heterocycles. The van der Waals surface area contributed by atoms with Crippen LogP contribution in [-0.4, -0.2) is 35.4 Å². The van der Waals surface area contributed by atoms with Gasteiger partial charge in [-0.1, -0.05) is 0 Å². The molecule has 2 atom stereocenters. The van der Waals surface area contributed by atoms with Gasteiger partial charge in [-0.15, -0.1) is 0 Å². The zero-order valence-electron chi connectivity index (χ0n) is 7.50. The van der Waals surface area contributed by atoms with E-state index in [1.165, 1.54) is 19.3 Å². The number of aliphatic hydroxyl groups is 1. The third-order valence-electron chi connectivity index (χ3n) is 2.98. The van der Waals surface area contributed by atoms with Crippen molar-refractivity contribution >= 4 is 0 Å². The lowest BCUT2D eigenvalue weighted by molar-refractivity contribution is 0.0234. The summed E-state index contributed by atoms with van der Waals surface area (Å²) >= 11 is 0. The lowest BCUT2D eigenvalue weighted by Crippen LogP contribution is -2.52. The van der Waals surface area contributed by atoms with Crippen LogP contribution in [0, 0.1) is 0 Å². The number of rotatable bonds is 1. The number of hydrogen-bond donors (Lipinski definition) is 2. The average molecular weight is 170 g/mol. The Balaban J connectivity index is 1.89. The molecule has 0 aromatic carbocycles. The fraction of sp³-hybridized carbons (Fsp3) is 1.00. The molecule has 1 aliphatic heterocycles. The van der Waals surface area contributed by atoms with Crippen LogP contribution in [0.2, 0.25) is 0 Å². The smallest absolute Gasteiger partial charge is 0.0709 e. The molecule has 1 aliphatic carbocycles. The predicted molar refractivity (Wildman–Crippen MR) is 47.6 cm³/mol. The highest BCUT2D eigenvalue weighted by atomic mass is 16.3. The van der Waals surface area contributed by atoms with E-state index in [-0.39, 0.29) is 6.10 Å². The molecule has 0 amide bonds. The summed E-state index contributed by atoms with van der Waals surface area (Å²) in [6.45, 7) is 2.20. The Morgan fingerprint density at radius 3 is 2.67 bits per heavy atom. The van der Waals surface area contributed by atoms with Gasteiger partial charge in [0.2, 0.25) is 0 Å². The first-order valence-electron chi connectivity index (χ1n) is 5.06. The quantitative estimate of drug-likeness (QED) is 0.601. The standard InChI is InChI=1S/C9H18N2O/c12-9-5-3-4-8(9)11-7-2-1-6-10-11/h8-10,12H,1-7H2. The van der Waals surface area contributed by atoms with Crippen molar-refractivity contribution in [2.75, 3.05) is 13.1 Å². The van der Waals surface area contributed by atoms with Crippen LogP contribution in [0.4, 0.5) is 0 Å². The van der Waals surface area contributed by atoms with Gasteiger partial charge in [-0.3, -0.25) is 5.43 Å². The monoisotopic (exact) mass is 170 g/mol. The van der Waals surface area contributed by atoms with Gasteiger partial charge in [0.25, 0.3) is 0 Å². The number of hydrogen-bond acceptors (Lipinski definition) is 3. The van der Waals surface area contributed by atoms with Gasteiger partial charge in [0.1, 0.15) is 0 Å². The summed E-state index contributed by atoms with van der Waals surface area (Å²) in [4.78, 5) is 0. The number of hydrazine groups is 1. The van der Waals surface area contributed by atoms with E-state index in [0.29, 0.717) is 6.04 Å². The van der Waals surface area contributed by atoms with Crippen LogP contribution in [-0.2, 0) is 0 Å². The summed E-state index contributed by atoms with van der Waals surface area (Å²) in [6.07, 6.45) is 5.80. The van der Waals surface area contributed by atoms with Gasteiger partial charge in [0, 0.05) is 13.1 Å². The van der Waals surface area contributed by atoms with Gasteiger partial charge >= 0.3 is 0 Å². The summed E-state index contributed by atoms with van der Waals surface area (Å²) in [5.74, 6) is 0. The van der Waals surface area contributed by atoms with Crippen molar-refractivity contribution in [1.82, 2.24) is 10.4 Å². The third kappa shape index (κ3) is 1.63. The van der Waals surface area contributed by atoms with Crippen LogP contribution >= 0.6 is 0 Å². The summed E-state index contributed by atoms with van der Waals surface area (Å²) in [6, 6.07) is 0.394. The van der Waals surface area contributed by atoms with Crippen molar-refractivity contribution in [3.63, 3.8) is 0 Å². The third-order valence-corrected chi connectivity index (χ3v) is 2.98. The SMILES string of the molecule is OC1CCCC1N1CCCCN1. The van der Waals surface area contributed by atoms with Gasteiger partial charge in [0.05, 0.1) is 12.1 Å². The lowest BCUT2D eigenvalue weighted by Gasteiger charge is -2.34. The Kier molecular flexibility index (Phi) is 2.63. The van der Waals surface area contributed by atoms with Crippen molar-refractivity contribution in [1.29, 1.82) is 0 Å². The van der Waals surface area contributed by atoms with Crippen molar-refractivity contribution < 1.29 is 5.11 Å². The molecule has 1 saturated heterocycles. The minimum atomic E-state index is -0.0874.